The minimum absolute atomic E-state index is 0.129. The van der Waals surface area contributed by atoms with Crippen molar-refractivity contribution in [2.24, 2.45) is 0 Å². The molecule has 0 bridgehead atoms. The van der Waals surface area contributed by atoms with E-state index in [-0.39, 0.29) is 22.1 Å². The number of hydrogen-bond donors (Lipinski definition) is 2. The summed E-state index contributed by atoms with van der Waals surface area (Å²) in [6.45, 7) is 0. The minimum atomic E-state index is -5.00. The molecule has 18 heavy (non-hydrogen) atoms. The van der Waals surface area contributed by atoms with Crippen LogP contribution in [-0.4, -0.2) is 23.2 Å². The first-order chi connectivity index (χ1) is 8.20. The number of amides is 1. The Labute approximate surface area is 108 Å². The van der Waals surface area contributed by atoms with Crippen molar-refractivity contribution in [3.63, 3.8) is 0 Å². The number of benzene rings is 1. The van der Waals surface area contributed by atoms with Crippen LogP contribution in [0.25, 0.3) is 0 Å². The van der Waals surface area contributed by atoms with E-state index in [0.29, 0.717) is 0 Å². The van der Waals surface area contributed by atoms with Crippen molar-refractivity contribution in [1.82, 2.24) is 0 Å². The maximum absolute atomic E-state index is 12.1. The average Bonchev–Trinajstić information content (AvgIpc) is 2.20. The topological polar surface area (TPSA) is 66.4 Å². The number of carbonyl (C=O) groups excluding carboxylic acids is 1. The van der Waals surface area contributed by atoms with Crippen LogP contribution in [0.3, 0.4) is 0 Å². The molecular formula is C10H7BrF3NO3. The second-order valence-electron chi connectivity index (χ2n) is 3.34. The lowest BCUT2D eigenvalue weighted by Gasteiger charge is -2.10. The summed E-state index contributed by atoms with van der Waals surface area (Å²) in [6.07, 6.45) is -5.34. The molecular weight excluding hydrogens is 319 g/mol. The first-order valence-electron chi connectivity index (χ1n) is 4.58. The average molecular weight is 326 g/mol. The van der Waals surface area contributed by atoms with Crippen LogP contribution in [0.4, 0.5) is 18.9 Å². The van der Waals surface area contributed by atoms with Crippen LogP contribution >= 0.6 is 15.9 Å². The molecule has 4 nitrogen and oxygen atoms in total. The molecule has 0 unspecified atom stereocenters. The molecule has 1 rings (SSSR count). The van der Waals surface area contributed by atoms with Gasteiger partial charge in [0.2, 0.25) is 0 Å². The second kappa shape index (κ2) is 5.38. The Morgan fingerprint density at radius 1 is 1.33 bits per heavy atom. The Hall–Kier alpha value is -1.57. The maximum Gasteiger partial charge on any atom is 0.471 e. The Bertz CT molecular complexity index is 488. The lowest BCUT2D eigenvalue weighted by Crippen LogP contribution is -2.30. The molecule has 0 fully saturated rings. The molecule has 0 heterocycles. The van der Waals surface area contributed by atoms with Gasteiger partial charge in [-0.05, 0) is 33.6 Å². The highest BCUT2D eigenvalue weighted by Crippen LogP contribution is 2.26. The van der Waals surface area contributed by atoms with Gasteiger partial charge in [-0.1, -0.05) is 6.07 Å². The Morgan fingerprint density at radius 3 is 2.44 bits per heavy atom. The largest absolute Gasteiger partial charge is 0.481 e. The van der Waals surface area contributed by atoms with Crippen molar-refractivity contribution in [3.8, 4) is 0 Å². The van der Waals surface area contributed by atoms with Crippen molar-refractivity contribution in [3.05, 3.63) is 28.2 Å². The smallest absolute Gasteiger partial charge is 0.471 e. The molecule has 0 atom stereocenters. The van der Waals surface area contributed by atoms with Crippen LogP contribution in [-0.2, 0) is 16.0 Å². The third-order valence-electron chi connectivity index (χ3n) is 1.89. The number of carbonyl (C=O) groups is 2. The molecule has 2 N–H and O–H groups in total. The predicted molar refractivity (Wildman–Crippen MR) is 60.2 cm³/mol. The van der Waals surface area contributed by atoms with Gasteiger partial charge in [-0.2, -0.15) is 13.2 Å². The zero-order chi connectivity index (χ0) is 13.9. The first-order valence-corrected chi connectivity index (χ1v) is 5.38. The Kier molecular flexibility index (Phi) is 4.33. The van der Waals surface area contributed by atoms with Crippen LogP contribution in [0.15, 0.2) is 22.7 Å². The summed E-state index contributed by atoms with van der Waals surface area (Å²) in [5.41, 5.74) is 0.152. The maximum atomic E-state index is 12.1. The third kappa shape index (κ3) is 4.02. The summed E-state index contributed by atoms with van der Waals surface area (Å²) >= 11 is 2.96. The van der Waals surface area contributed by atoms with Crippen molar-refractivity contribution >= 4 is 33.5 Å². The molecule has 1 aromatic carbocycles. The molecule has 98 valence electrons. The highest BCUT2D eigenvalue weighted by molar-refractivity contribution is 9.10. The lowest BCUT2D eigenvalue weighted by atomic mass is 10.1. The van der Waals surface area contributed by atoms with E-state index < -0.39 is 18.1 Å². The van der Waals surface area contributed by atoms with Crippen LogP contribution < -0.4 is 5.32 Å². The third-order valence-corrected chi connectivity index (χ3v) is 2.58. The number of halogens is 4. The molecule has 1 aromatic rings. The number of hydrogen-bond acceptors (Lipinski definition) is 2. The van der Waals surface area contributed by atoms with E-state index in [9.17, 15) is 22.8 Å². The number of carboxylic acids is 1. The summed E-state index contributed by atoms with van der Waals surface area (Å²) in [5.74, 6) is -3.24. The fourth-order valence-corrected chi connectivity index (χ4v) is 1.49. The Morgan fingerprint density at radius 2 is 1.94 bits per heavy atom. The van der Waals surface area contributed by atoms with E-state index >= 15 is 0 Å². The molecule has 0 saturated heterocycles. The number of rotatable bonds is 3. The zero-order valence-corrected chi connectivity index (χ0v) is 10.3. The summed E-state index contributed by atoms with van der Waals surface area (Å²) in [4.78, 5) is 21.2. The number of nitrogens with one attached hydrogen (secondary N) is 1. The van der Waals surface area contributed by atoms with E-state index in [4.69, 9.17) is 5.11 Å². The van der Waals surface area contributed by atoms with Crippen molar-refractivity contribution in [2.75, 3.05) is 5.32 Å². The van der Waals surface area contributed by atoms with E-state index in [0.717, 1.165) is 0 Å². The van der Waals surface area contributed by atoms with Gasteiger partial charge in [0.05, 0.1) is 12.1 Å². The number of anilines is 1. The van der Waals surface area contributed by atoms with Crippen LogP contribution in [0.1, 0.15) is 5.56 Å². The predicted octanol–water partition coefficient (Wildman–Crippen LogP) is 2.58. The van der Waals surface area contributed by atoms with Gasteiger partial charge in [-0.3, -0.25) is 9.59 Å². The minimum Gasteiger partial charge on any atom is -0.481 e. The summed E-state index contributed by atoms with van der Waals surface area (Å²) in [7, 11) is 0. The van der Waals surface area contributed by atoms with Gasteiger partial charge in [0, 0.05) is 4.47 Å². The Balaban J connectivity index is 2.94. The van der Waals surface area contributed by atoms with Crippen LogP contribution in [0.2, 0.25) is 0 Å². The zero-order valence-electron chi connectivity index (χ0n) is 8.71. The summed E-state index contributed by atoms with van der Waals surface area (Å²) < 4.78 is 36.4. The van der Waals surface area contributed by atoms with Gasteiger partial charge in [-0.25, -0.2) is 0 Å². The van der Waals surface area contributed by atoms with Crippen molar-refractivity contribution in [2.45, 2.75) is 12.6 Å². The van der Waals surface area contributed by atoms with Crippen molar-refractivity contribution in [1.29, 1.82) is 0 Å². The van der Waals surface area contributed by atoms with Crippen molar-refractivity contribution < 1.29 is 27.9 Å². The molecule has 0 aromatic heterocycles. The molecule has 0 saturated carbocycles. The van der Waals surface area contributed by atoms with Gasteiger partial charge in [0.1, 0.15) is 0 Å². The summed E-state index contributed by atoms with van der Waals surface area (Å²) in [5, 5.41) is 10.2. The monoisotopic (exact) mass is 325 g/mol. The lowest BCUT2D eigenvalue weighted by molar-refractivity contribution is -0.167. The fraction of sp³-hybridized carbons (Fsp3) is 0.200. The van der Waals surface area contributed by atoms with E-state index in [1.165, 1.54) is 18.2 Å². The van der Waals surface area contributed by atoms with E-state index in [2.05, 4.69) is 15.9 Å². The van der Waals surface area contributed by atoms with E-state index in [1.54, 1.807) is 5.32 Å². The number of alkyl halides is 3. The molecule has 0 spiro atoms. The van der Waals surface area contributed by atoms with Gasteiger partial charge in [0.25, 0.3) is 0 Å². The molecule has 8 heteroatoms. The SMILES string of the molecule is O=C(O)Cc1ccc(Br)c(NC(=O)C(F)(F)F)c1. The summed E-state index contributed by atoms with van der Waals surface area (Å²) in [6, 6.07) is 3.97. The van der Waals surface area contributed by atoms with Gasteiger partial charge >= 0.3 is 18.1 Å². The normalized spacial score (nSPS) is 11.1. The molecule has 0 aliphatic carbocycles. The van der Waals surface area contributed by atoms with Gasteiger partial charge in [-0.15, -0.1) is 0 Å². The van der Waals surface area contributed by atoms with E-state index in [1.807, 2.05) is 0 Å². The first kappa shape index (κ1) is 14.5. The number of carboxylic acid groups (broad SMARTS) is 1. The number of aliphatic carboxylic acids is 1. The van der Waals surface area contributed by atoms with Crippen LogP contribution in [0, 0.1) is 0 Å². The van der Waals surface area contributed by atoms with Gasteiger partial charge in [0.15, 0.2) is 0 Å². The molecule has 0 radical (unpaired) electrons. The molecule has 1 amide bonds. The standard InChI is InChI=1S/C10H7BrF3NO3/c11-6-2-1-5(4-8(16)17)3-7(6)15-9(18)10(12,13)14/h1-3H,4H2,(H,15,18)(H,16,17). The quantitative estimate of drug-likeness (QED) is 0.897. The fourth-order valence-electron chi connectivity index (χ4n) is 1.15. The molecule has 0 aliphatic rings. The highest BCUT2D eigenvalue weighted by Gasteiger charge is 2.38. The highest BCUT2D eigenvalue weighted by atomic mass is 79.9. The molecule has 0 aliphatic heterocycles. The second-order valence-corrected chi connectivity index (χ2v) is 4.19. The van der Waals surface area contributed by atoms with Crippen LogP contribution in [0.5, 0.6) is 0 Å². The van der Waals surface area contributed by atoms with Gasteiger partial charge < -0.3 is 10.4 Å².